The van der Waals surface area contributed by atoms with E-state index >= 15 is 0 Å². The number of benzene rings is 1. The topological polar surface area (TPSA) is 70.2 Å². The average molecular weight is 416 g/mol. The summed E-state index contributed by atoms with van der Waals surface area (Å²) in [5.74, 6) is -0.0511. The third-order valence-electron chi connectivity index (χ3n) is 6.66. The maximum atomic E-state index is 13.4. The van der Waals surface area contributed by atoms with Gasteiger partial charge in [0.2, 0.25) is 5.91 Å². The van der Waals surface area contributed by atoms with Gasteiger partial charge in [0.05, 0.1) is 13.2 Å². The first-order valence-corrected chi connectivity index (χ1v) is 10.7. The van der Waals surface area contributed by atoms with E-state index in [4.69, 9.17) is 4.74 Å². The van der Waals surface area contributed by atoms with Crippen molar-refractivity contribution in [2.75, 3.05) is 33.4 Å². The molecule has 0 unspecified atom stereocenters. The van der Waals surface area contributed by atoms with Crippen LogP contribution < -0.4 is 0 Å². The summed E-state index contributed by atoms with van der Waals surface area (Å²) in [4.78, 5) is 44.4. The summed E-state index contributed by atoms with van der Waals surface area (Å²) in [6, 6.07) is 9.45. The van der Waals surface area contributed by atoms with Crippen molar-refractivity contribution in [3.8, 4) is 0 Å². The van der Waals surface area contributed by atoms with Crippen LogP contribution in [0.4, 0.5) is 4.79 Å². The summed E-state index contributed by atoms with van der Waals surface area (Å²) in [6.07, 6.45) is 1.68. The Kier molecular flexibility index (Phi) is 6.50. The molecule has 1 spiro atoms. The number of piperidine rings is 1. The van der Waals surface area contributed by atoms with E-state index in [1.807, 2.05) is 56.0 Å². The number of hydrogen-bond acceptors (Lipinski definition) is 4. The molecule has 2 heterocycles. The Morgan fingerprint density at radius 1 is 1.13 bits per heavy atom. The van der Waals surface area contributed by atoms with Gasteiger partial charge in [-0.3, -0.25) is 14.5 Å². The highest BCUT2D eigenvalue weighted by atomic mass is 16.5. The Morgan fingerprint density at radius 2 is 1.77 bits per heavy atom. The van der Waals surface area contributed by atoms with E-state index in [1.54, 1.807) is 12.0 Å². The molecule has 4 amide bonds. The molecule has 0 N–H and O–H groups in total. The third kappa shape index (κ3) is 3.95. The van der Waals surface area contributed by atoms with Gasteiger partial charge in [-0.05, 0) is 24.8 Å². The fourth-order valence-electron chi connectivity index (χ4n) is 4.29. The second kappa shape index (κ2) is 8.76. The zero-order valence-corrected chi connectivity index (χ0v) is 18.5. The largest absolute Gasteiger partial charge is 0.383 e. The summed E-state index contributed by atoms with van der Waals surface area (Å²) in [6.45, 7) is 7.81. The van der Waals surface area contributed by atoms with Crippen LogP contribution in [0.3, 0.4) is 0 Å². The number of carbonyl (C=O) groups excluding carboxylic acids is 3. The lowest BCUT2D eigenvalue weighted by atomic mass is 9.83. The van der Waals surface area contributed by atoms with E-state index in [0.717, 1.165) is 12.0 Å². The molecule has 2 aliphatic rings. The van der Waals surface area contributed by atoms with Crippen LogP contribution >= 0.6 is 0 Å². The first kappa shape index (κ1) is 22.3. The molecule has 0 aromatic heterocycles. The van der Waals surface area contributed by atoms with Gasteiger partial charge in [0.1, 0.15) is 5.54 Å². The Bertz CT molecular complexity index is 785. The highest BCUT2D eigenvalue weighted by Crippen LogP contribution is 2.39. The Labute approximate surface area is 179 Å². The molecule has 1 aromatic carbocycles. The molecule has 0 radical (unpaired) electrons. The third-order valence-corrected chi connectivity index (χ3v) is 6.66. The van der Waals surface area contributed by atoms with Crippen LogP contribution in [-0.2, 0) is 20.9 Å². The molecule has 0 aliphatic carbocycles. The van der Waals surface area contributed by atoms with Crippen molar-refractivity contribution >= 4 is 17.8 Å². The molecule has 0 saturated carbocycles. The van der Waals surface area contributed by atoms with Crippen molar-refractivity contribution in [2.45, 2.75) is 52.1 Å². The van der Waals surface area contributed by atoms with Crippen LogP contribution in [0.25, 0.3) is 0 Å². The number of urea groups is 1. The molecule has 2 aliphatic heterocycles. The molecule has 30 heavy (non-hydrogen) atoms. The molecule has 3 rings (SSSR count). The minimum Gasteiger partial charge on any atom is -0.383 e. The summed E-state index contributed by atoms with van der Waals surface area (Å²) < 4.78 is 5.11. The van der Waals surface area contributed by atoms with E-state index < -0.39 is 11.0 Å². The van der Waals surface area contributed by atoms with Crippen molar-refractivity contribution in [3.05, 3.63) is 35.9 Å². The van der Waals surface area contributed by atoms with Gasteiger partial charge in [-0.2, -0.15) is 0 Å². The van der Waals surface area contributed by atoms with E-state index in [2.05, 4.69) is 0 Å². The number of likely N-dealkylation sites (tertiary alicyclic amines) is 1. The zero-order chi connectivity index (χ0) is 21.9. The fraction of sp³-hybridized carbons (Fsp3) is 0.609. The van der Waals surface area contributed by atoms with Crippen LogP contribution in [-0.4, -0.2) is 71.4 Å². The number of hydrogen-bond donors (Lipinski definition) is 0. The summed E-state index contributed by atoms with van der Waals surface area (Å²) in [5.41, 5.74) is -0.334. The van der Waals surface area contributed by atoms with Crippen LogP contribution in [0.2, 0.25) is 0 Å². The van der Waals surface area contributed by atoms with Gasteiger partial charge < -0.3 is 14.5 Å². The number of rotatable bonds is 7. The summed E-state index contributed by atoms with van der Waals surface area (Å²) in [5, 5.41) is 0. The predicted molar refractivity (Wildman–Crippen MR) is 114 cm³/mol. The maximum Gasteiger partial charge on any atom is 0.328 e. The fourth-order valence-corrected chi connectivity index (χ4v) is 4.29. The first-order chi connectivity index (χ1) is 14.3. The number of ether oxygens (including phenoxy) is 1. The van der Waals surface area contributed by atoms with Gasteiger partial charge in [-0.1, -0.05) is 51.1 Å². The molecule has 2 fully saturated rings. The quantitative estimate of drug-likeness (QED) is 0.642. The smallest absolute Gasteiger partial charge is 0.328 e. The van der Waals surface area contributed by atoms with Gasteiger partial charge in [0.15, 0.2) is 0 Å². The van der Waals surface area contributed by atoms with Gasteiger partial charge in [0.25, 0.3) is 5.91 Å². The standard InChI is InChI=1S/C23H33N3O4/c1-5-22(2,3)19(27)24-13-11-23(12-14-24)20(28)25(15-16-30-4)21(29)26(23)17-18-9-7-6-8-10-18/h6-10H,5,11-17H2,1-4H3. The minimum absolute atomic E-state index is 0.113. The number of methoxy groups -OCH3 is 1. The molecule has 2 saturated heterocycles. The molecular weight excluding hydrogens is 382 g/mol. The Hall–Kier alpha value is -2.41. The molecule has 1 aromatic rings. The predicted octanol–water partition coefficient (Wildman–Crippen LogP) is 2.89. The number of carbonyl (C=O) groups is 3. The molecule has 0 atom stereocenters. The van der Waals surface area contributed by atoms with Crippen LogP contribution in [0.15, 0.2) is 30.3 Å². The summed E-state index contributed by atoms with van der Waals surface area (Å²) >= 11 is 0. The molecule has 7 heteroatoms. The van der Waals surface area contributed by atoms with Crippen LogP contribution in [0.5, 0.6) is 0 Å². The highest BCUT2D eigenvalue weighted by Gasteiger charge is 2.58. The molecular formula is C23H33N3O4. The normalized spacial score (nSPS) is 19.1. The van der Waals surface area contributed by atoms with Crippen molar-refractivity contribution in [3.63, 3.8) is 0 Å². The van der Waals surface area contributed by atoms with E-state index in [0.29, 0.717) is 39.1 Å². The number of amides is 4. The number of imide groups is 1. The second-order valence-electron chi connectivity index (χ2n) is 8.87. The zero-order valence-electron chi connectivity index (χ0n) is 18.5. The van der Waals surface area contributed by atoms with Crippen molar-refractivity contribution in [1.29, 1.82) is 0 Å². The minimum atomic E-state index is -0.895. The lowest BCUT2D eigenvalue weighted by Crippen LogP contribution is -2.58. The first-order valence-electron chi connectivity index (χ1n) is 10.7. The van der Waals surface area contributed by atoms with Gasteiger partial charge in [-0.25, -0.2) is 4.79 Å². The average Bonchev–Trinajstić information content (AvgIpc) is 2.94. The van der Waals surface area contributed by atoms with E-state index in [9.17, 15) is 14.4 Å². The van der Waals surface area contributed by atoms with Crippen molar-refractivity contribution in [1.82, 2.24) is 14.7 Å². The monoisotopic (exact) mass is 415 g/mol. The van der Waals surface area contributed by atoms with Crippen molar-refractivity contribution in [2.24, 2.45) is 5.41 Å². The summed E-state index contributed by atoms with van der Waals surface area (Å²) in [7, 11) is 1.56. The highest BCUT2D eigenvalue weighted by molar-refractivity contribution is 6.07. The van der Waals surface area contributed by atoms with Crippen molar-refractivity contribution < 1.29 is 19.1 Å². The second-order valence-corrected chi connectivity index (χ2v) is 8.87. The molecule has 7 nitrogen and oxygen atoms in total. The van der Waals surface area contributed by atoms with Gasteiger partial charge >= 0.3 is 6.03 Å². The lowest BCUT2D eigenvalue weighted by Gasteiger charge is -2.44. The number of nitrogens with zero attached hydrogens (tertiary/aromatic N) is 3. The Balaban J connectivity index is 1.85. The van der Waals surface area contributed by atoms with Crippen LogP contribution in [0, 0.1) is 5.41 Å². The van der Waals surface area contributed by atoms with E-state index in [-0.39, 0.29) is 24.4 Å². The SMILES string of the molecule is CCC(C)(C)C(=O)N1CCC2(CC1)C(=O)N(CCOC)C(=O)N2Cc1ccccc1. The maximum absolute atomic E-state index is 13.4. The molecule has 0 bridgehead atoms. The van der Waals surface area contributed by atoms with E-state index in [1.165, 1.54) is 4.90 Å². The van der Waals surface area contributed by atoms with Gasteiger partial charge in [0, 0.05) is 32.2 Å². The van der Waals surface area contributed by atoms with Crippen LogP contribution in [0.1, 0.15) is 45.6 Å². The van der Waals surface area contributed by atoms with Gasteiger partial charge in [-0.15, -0.1) is 0 Å². The lowest BCUT2D eigenvalue weighted by molar-refractivity contribution is -0.146. The molecule has 164 valence electrons. The Morgan fingerprint density at radius 3 is 2.33 bits per heavy atom.